The van der Waals surface area contributed by atoms with Crippen molar-refractivity contribution in [3.63, 3.8) is 0 Å². The Morgan fingerprint density at radius 3 is 2.46 bits per heavy atom. The third-order valence-electron chi connectivity index (χ3n) is 4.39. The average molecular weight is 392 g/mol. The van der Waals surface area contributed by atoms with Crippen LogP contribution in [0.3, 0.4) is 0 Å². The van der Waals surface area contributed by atoms with Crippen LogP contribution in [-0.2, 0) is 23.9 Å². The molecule has 150 valence electrons. The molecule has 0 aliphatic carbocycles. The van der Waals surface area contributed by atoms with E-state index in [0.29, 0.717) is 23.4 Å². The molecule has 3 rings (SSSR count). The van der Waals surface area contributed by atoms with Gasteiger partial charge in [-0.15, -0.1) is 0 Å². The fourth-order valence-corrected chi connectivity index (χ4v) is 3.17. The summed E-state index contributed by atoms with van der Waals surface area (Å²) in [7, 11) is 0. The number of benzene rings is 2. The number of halogens is 3. The van der Waals surface area contributed by atoms with E-state index >= 15 is 0 Å². The van der Waals surface area contributed by atoms with E-state index in [9.17, 15) is 13.2 Å². The summed E-state index contributed by atoms with van der Waals surface area (Å²) in [5.74, 6) is -0.289. The SMILES string of the molecule is CCOC(C)Cc1ccc(OCCn2c(C(F)(F)F)nc3ccccc32)cc1. The summed E-state index contributed by atoms with van der Waals surface area (Å²) in [5, 5.41) is 0. The Morgan fingerprint density at radius 2 is 1.79 bits per heavy atom. The fraction of sp³-hybridized carbons (Fsp3) is 0.381. The van der Waals surface area contributed by atoms with Crippen molar-refractivity contribution in [3.05, 3.63) is 59.9 Å². The normalized spacial score (nSPS) is 13.0. The number of fused-ring (bicyclic) bond motifs is 1. The molecule has 4 nitrogen and oxygen atoms in total. The predicted octanol–water partition coefficient (Wildman–Crippen LogP) is 5.10. The van der Waals surface area contributed by atoms with Gasteiger partial charge in [0.2, 0.25) is 5.82 Å². The maximum Gasteiger partial charge on any atom is 0.449 e. The largest absolute Gasteiger partial charge is 0.492 e. The van der Waals surface area contributed by atoms with Crippen LogP contribution in [0.5, 0.6) is 5.75 Å². The lowest BCUT2D eigenvalue weighted by Crippen LogP contribution is -2.18. The average Bonchev–Trinajstić information content (AvgIpc) is 3.03. The number of ether oxygens (including phenoxy) is 2. The molecule has 0 amide bonds. The second-order valence-electron chi connectivity index (χ2n) is 6.54. The minimum atomic E-state index is -4.52. The van der Waals surface area contributed by atoms with Gasteiger partial charge in [0.25, 0.3) is 0 Å². The molecule has 0 spiro atoms. The summed E-state index contributed by atoms with van der Waals surface area (Å²) in [6.07, 6.45) is -3.59. The molecule has 1 unspecified atom stereocenters. The lowest BCUT2D eigenvalue weighted by Gasteiger charge is -2.13. The minimum Gasteiger partial charge on any atom is -0.492 e. The second-order valence-corrected chi connectivity index (χ2v) is 6.54. The zero-order chi connectivity index (χ0) is 20.1. The van der Waals surface area contributed by atoms with Crippen LogP contribution in [0.1, 0.15) is 25.2 Å². The molecule has 0 fully saturated rings. The number of imidazole rings is 1. The van der Waals surface area contributed by atoms with Crippen molar-refractivity contribution in [2.75, 3.05) is 13.2 Å². The monoisotopic (exact) mass is 392 g/mol. The third kappa shape index (κ3) is 4.84. The number of nitrogens with zero attached hydrogens (tertiary/aromatic N) is 2. The van der Waals surface area contributed by atoms with E-state index in [-0.39, 0.29) is 19.3 Å². The number of rotatable bonds is 8. The van der Waals surface area contributed by atoms with Crippen LogP contribution < -0.4 is 4.74 Å². The summed E-state index contributed by atoms with van der Waals surface area (Å²) >= 11 is 0. The van der Waals surface area contributed by atoms with Gasteiger partial charge in [0, 0.05) is 6.61 Å². The molecule has 0 saturated heterocycles. The van der Waals surface area contributed by atoms with E-state index in [1.165, 1.54) is 0 Å². The molecule has 3 aromatic rings. The van der Waals surface area contributed by atoms with Gasteiger partial charge < -0.3 is 14.0 Å². The van der Waals surface area contributed by atoms with Gasteiger partial charge in [-0.3, -0.25) is 0 Å². The quantitative estimate of drug-likeness (QED) is 0.535. The van der Waals surface area contributed by atoms with E-state index in [1.807, 2.05) is 38.1 Å². The highest BCUT2D eigenvalue weighted by atomic mass is 19.4. The molecule has 0 N–H and O–H groups in total. The molecular weight excluding hydrogens is 369 g/mol. The van der Waals surface area contributed by atoms with Gasteiger partial charge in [-0.2, -0.15) is 13.2 Å². The van der Waals surface area contributed by atoms with Crippen molar-refractivity contribution in [1.82, 2.24) is 9.55 Å². The lowest BCUT2D eigenvalue weighted by atomic mass is 10.1. The number of para-hydroxylation sites is 2. The molecule has 0 radical (unpaired) electrons. The maximum atomic E-state index is 13.3. The first-order valence-corrected chi connectivity index (χ1v) is 9.24. The maximum absolute atomic E-state index is 13.3. The molecule has 2 aromatic carbocycles. The topological polar surface area (TPSA) is 36.3 Å². The number of aromatic nitrogens is 2. The molecule has 0 aliphatic heterocycles. The lowest BCUT2D eigenvalue weighted by molar-refractivity contribution is -0.147. The van der Waals surface area contributed by atoms with E-state index < -0.39 is 12.0 Å². The van der Waals surface area contributed by atoms with Crippen LogP contribution in [0.4, 0.5) is 13.2 Å². The Balaban J connectivity index is 1.65. The number of hydrogen-bond acceptors (Lipinski definition) is 3. The first-order chi connectivity index (χ1) is 13.4. The van der Waals surface area contributed by atoms with E-state index in [1.54, 1.807) is 24.3 Å². The van der Waals surface area contributed by atoms with Crippen molar-refractivity contribution in [2.24, 2.45) is 0 Å². The van der Waals surface area contributed by atoms with Crippen LogP contribution in [0.15, 0.2) is 48.5 Å². The van der Waals surface area contributed by atoms with Gasteiger partial charge in [-0.1, -0.05) is 24.3 Å². The van der Waals surface area contributed by atoms with E-state index in [4.69, 9.17) is 9.47 Å². The van der Waals surface area contributed by atoms with Gasteiger partial charge in [0.1, 0.15) is 12.4 Å². The zero-order valence-electron chi connectivity index (χ0n) is 15.9. The molecule has 28 heavy (non-hydrogen) atoms. The van der Waals surface area contributed by atoms with Crippen LogP contribution >= 0.6 is 0 Å². The van der Waals surface area contributed by atoms with Crippen molar-refractivity contribution < 1.29 is 22.6 Å². The highest BCUT2D eigenvalue weighted by Gasteiger charge is 2.37. The zero-order valence-corrected chi connectivity index (χ0v) is 15.9. The van der Waals surface area contributed by atoms with Crippen LogP contribution in [0.2, 0.25) is 0 Å². The standard InChI is InChI=1S/C21H23F3N2O2/c1-3-27-15(2)14-16-8-10-17(11-9-16)28-13-12-26-19-7-5-4-6-18(19)25-20(26)21(22,23)24/h4-11,15H,3,12-14H2,1-2H3. The van der Waals surface area contributed by atoms with Gasteiger partial charge >= 0.3 is 6.18 Å². The Kier molecular flexibility index (Phi) is 6.24. The van der Waals surface area contributed by atoms with E-state index in [2.05, 4.69) is 4.98 Å². The summed E-state index contributed by atoms with van der Waals surface area (Å²) in [6, 6.07) is 14.1. The molecule has 7 heteroatoms. The van der Waals surface area contributed by atoms with Crippen molar-refractivity contribution in [3.8, 4) is 5.75 Å². The Hall–Kier alpha value is -2.54. The fourth-order valence-electron chi connectivity index (χ4n) is 3.17. The molecular formula is C21H23F3N2O2. The number of alkyl halides is 3. The summed E-state index contributed by atoms with van der Waals surface area (Å²) in [4.78, 5) is 3.73. The van der Waals surface area contributed by atoms with E-state index in [0.717, 1.165) is 16.6 Å². The molecule has 1 atom stereocenters. The van der Waals surface area contributed by atoms with Gasteiger partial charge in [-0.05, 0) is 50.1 Å². The van der Waals surface area contributed by atoms with Gasteiger partial charge in [0.05, 0.1) is 23.7 Å². The third-order valence-corrected chi connectivity index (χ3v) is 4.39. The van der Waals surface area contributed by atoms with Crippen molar-refractivity contribution in [2.45, 2.75) is 39.1 Å². The number of hydrogen-bond donors (Lipinski definition) is 0. The van der Waals surface area contributed by atoms with Crippen molar-refractivity contribution in [1.29, 1.82) is 0 Å². The summed E-state index contributed by atoms with van der Waals surface area (Å²) in [6.45, 7) is 4.81. The minimum absolute atomic E-state index is 0.0540. The highest BCUT2D eigenvalue weighted by Crippen LogP contribution is 2.31. The second kappa shape index (κ2) is 8.65. The molecule has 1 aromatic heterocycles. The van der Waals surface area contributed by atoms with Crippen LogP contribution in [0, 0.1) is 0 Å². The first-order valence-electron chi connectivity index (χ1n) is 9.24. The summed E-state index contributed by atoms with van der Waals surface area (Å²) in [5.41, 5.74) is 1.88. The summed E-state index contributed by atoms with van der Waals surface area (Å²) < 4.78 is 52.3. The van der Waals surface area contributed by atoms with Crippen molar-refractivity contribution >= 4 is 11.0 Å². The van der Waals surface area contributed by atoms with Crippen LogP contribution in [0.25, 0.3) is 11.0 Å². The Bertz CT molecular complexity index is 904. The smallest absolute Gasteiger partial charge is 0.449 e. The highest BCUT2D eigenvalue weighted by molar-refractivity contribution is 5.76. The van der Waals surface area contributed by atoms with Gasteiger partial charge in [0.15, 0.2) is 0 Å². The van der Waals surface area contributed by atoms with Crippen LogP contribution in [-0.4, -0.2) is 28.9 Å². The predicted molar refractivity (Wildman–Crippen MR) is 101 cm³/mol. The molecule has 1 heterocycles. The van der Waals surface area contributed by atoms with Gasteiger partial charge in [-0.25, -0.2) is 4.98 Å². The molecule has 0 aliphatic rings. The Labute approximate surface area is 161 Å². The first kappa shape index (κ1) is 20.2. The Morgan fingerprint density at radius 1 is 1.07 bits per heavy atom. The molecule has 0 bridgehead atoms. The molecule has 0 saturated carbocycles.